The summed E-state index contributed by atoms with van der Waals surface area (Å²) < 4.78 is 5.25. The van der Waals surface area contributed by atoms with Crippen LogP contribution in [0.1, 0.15) is 102 Å². The fourth-order valence-electron chi connectivity index (χ4n) is 3.30. The van der Waals surface area contributed by atoms with Crippen molar-refractivity contribution >= 4 is 12.0 Å². The molecule has 1 aromatic rings. The molecule has 0 aliphatic rings. The van der Waals surface area contributed by atoms with E-state index >= 15 is 0 Å². The van der Waals surface area contributed by atoms with Crippen LogP contribution in [0.3, 0.4) is 0 Å². The maximum atomic E-state index is 11.7. The third-order valence-electron chi connectivity index (χ3n) is 5.11. The lowest BCUT2D eigenvalue weighted by atomic mass is 10.1. The monoisotopic (exact) mass is 398 g/mol. The summed E-state index contributed by atoms with van der Waals surface area (Å²) in [5, 5.41) is 0. The molecule has 2 heteroatoms. The number of esters is 1. The molecular weight excluding hydrogens is 356 g/mol. The molecule has 1 rings (SSSR count). The molecule has 0 heterocycles. The largest absolute Gasteiger partial charge is 0.463 e. The Labute approximate surface area is 179 Å². The van der Waals surface area contributed by atoms with Gasteiger partial charge >= 0.3 is 5.97 Å². The van der Waals surface area contributed by atoms with Crippen LogP contribution in [-0.4, -0.2) is 12.6 Å². The zero-order valence-corrected chi connectivity index (χ0v) is 18.6. The molecule has 0 aromatic heterocycles. The lowest BCUT2D eigenvalue weighted by molar-refractivity contribution is -0.137. The molecule has 0 atom stereocenters. The molecule has 162 valence electrons. The first-order chi connectivity index (χ1) is 14.3. The average molecular weight is 399 g/mol. The Morgan fingerprint density at radius 2 is 1.31 bits per heavy atom. The highest BCUT2D eigenvalue weighted by Crippen LogP contribution is 2.10. The summed E-state index contributed by atoms with van der Waals surface area (Å²) in [4.78, 5) is 11.7. The minimum Gasteiger partial charge on any atom is -0.463 e. The van der Waals surface area contributed by atoms with E-state index in [0.29, 0.717) is 6.61 Å². The summed E-state index contributed by atoms with van der Waals surface area (Å²) in [5.74, 6) is -0.249. The van der Waals surface area contributed by atoms with Crippen LogP contribution in [0, 0.1) is 0 Å². The minimum atomic E-state index is -0.249. The highest BCUT2D eigenvalue weighted by Gasteiger charge is 1.97. The Morgan fingerprint density at radius 1 is 0.759 bits per heavy atom. The zero-order valence-electron chi connectivity index (χ0n) is 18.6. The molecule has 0 spiro atoms. The van der Waals surface area contributed by atoms with Crippen LogP contribution in [0.2, 0.25) is 0 Å². The van der Waals surface area contributed by atoms with Gasteiger partial charge in [0.25, 0.3) is 0 Å². The first kappa shape index (κ1) is 25.2. The molecule has 0 N–H and O–H groups in total. The zero-order chi connectivity index (χ0) is 20.8. The number of ether oxygens (including phenoxy) is 1. The molecule has 0 bridgehead atoms. The van der Waals surface area contributed by atoms with Gasteiger partial charge in [0, 0.05) is 6.08 Å². The van der Waals surface area contributed by atoms with Crippen molar-refractivity contribution in [2.45, 2.75) is 96.8 Å². The summed E-state index contributed by atoms with van der Waals surface area (Å²) >= 11 is 0. The van der Waals surface area contributed by atoms with E-state index in [0.717, 1.165) is 18.4 Å². The van der Waals surface area contributed by atoms with Crippen molar-refractivity contribution in [1.29, 1.82) is 0 Å². The van der Waals surface area contributed by atoms with Gasteiger partial charge in [-0.3, -0.25) is 0 Å². The van der Waals surface area contributed by atoms with E-state index in [2.05, 4.69) is 19.1 Å². The van der Waals surface area contributed by atoms with Gasteiger partial charge in [-0.05, 0) is 43.7 Å². The van der Waals surface area contributed by atoms with E-state index in [1.807, 2.05) is 30.3 Å². The minimum absolute atomic E-state index is 0.249. The Morgan fingerprint density at radius 3 is 1.93 bits per heavy atom. The van der Waals surface area contributed by atoms with Crippen molar-refractivity contribution < 1.29 is 9.53 Å². The van der Waals surface area contributed by atoms with Crippen LogP contribution in [0.25, 0.3) is 6.08 Å². The second-order valence-corrected chi connectivity index (χ2v) is 7.85. The molecule has 0 aliphatic carbocycles. The lowest BCUT2D eigenvalue weighted by Crippen LogP contribution is -2.02. The first-order valence-corrected chi connectivity index (χ1v) is 11.9. The van der Waals surface area contributed by atoms with Gasteiger partial charge in [0.1, 0.15) is 0 Å². The second kappa shape index (κ2) is 19.5. The number of rotatable bonds is 18. The number of unbranched alkanes of at least 4 members (excludes halogenated alkanes) is 12. The maximum Gasteiger partial charge on any atom is 0.330 e. The van der Waals surface area contributed by atoms with Crippen molar-refractivity contribution in [3.8, 4) is 0 Å². The molecule has 1 aromatic carbocycles. The van der Waals surface area contributed by atoms with Crippen LogP contribution in [-0.2, 0) is 9.53 Å². The van der Waals surface area contributed by atoms with Gasteiger partial charge in [-0.1, -0.05) is 107 Å². The maximum absolute atomic E-state index is 11.7. The number of hydrogen-bond acceptors (Lipinski definition) is 2. The standard InChI is InChI=1S/C27H42O2/c1-2-3-4-5-6-7-8-9-10-11-12-13-14-15-16-20-25-29-27(28)24-23-26-21-18-17-19-22-26/h9-10,17-19,21-24H,2-8,11-16,20,25H2,1H3/b10-9-,24-23?. The van der Waals surface area contributed by atoms with Crippen molar-refractivity contribution in [3.63, 3.8) is 0 Å². The summed E-state index contributed by atoms with van der Waals surface area (Å²) in [6, 6.07) is 9.81. The number of hydrogen-bond donors (Lipinski definition) is 0. The van der Waals surface area contributed by atoms with Gasteiger partial charge in [0.2, 0.25) is 0 Å². The summed E-state index contributed by atoms with van der Waals surface area (Å²) in [6.07, 6.45) is 26.1. The van der Waals surface area contributed by atoms with Crippen LogP contribution in [0.5, 0.6) is 0 Å². The van der Waals surface area contributed by atoms with E-state index in [9.17, 15) is 4.79 Å². The lowest BCUT2D eigenvalue weighted by Gasteiger charge is -2.02. The Kier molecular flexibility index (Phi) is 16.9. The fourth-order valence-corrected chi connectivity index (χ4v) is 3.30. The molecule has 0 radical (unpaired) electrons. The first-order valence-electron chi connectivity index (χ1n) is 11.9. The molecule has 29 heavy (non-hydrogen) atoms. The number of carbonyl (C=O) groups is 1. The fraction of sp³-hybridized carbons (Fsp3) is 0.593. The molecule has 0 aliphatic heterocycles. The second-order valence-electron chi connectivity index (χ2n) is 7.85. The predicted molar refractivity (Wildman–Crippen MR) is 126 cm³/mol. The van der Waals surface area contributed by atoms with Crippen LogP contribution in [0.15, 0.2) is 48.6 Å². The average Bonchev–Trinajstić information content (AvgIpc) is 2.75. The Bertz CT molecular complexity index is 545. The number of carbonyl (C=O) groups excluding carboxylic acids is 1. The normalized spacial score (nSPS) is 11.5. The molecule has 2 nitrogen and oxygen atoms in total. The van der Waals surface area contributed by atoms with Crippen molar-refractivity contribution in [1.82, 2.24) is 0 Å². The summed E-state index contributed by atoms with van der Waals surface area (Å²) in [5.41, 5.74) is 1.02. The Balaban J connectivity index is 1.82. The third-order valence-corrected chi connectivity index (χ3v) is 5.11. The van der Waals surface area contributed by atoms with E-state index in [1.165, 1.54) is 83.1 Å². The number of allylic oxidation sites excluding steroid dienone is 2. The van der Waals surface area contributed by atoms with Gasteiger partial charge in [0.05, 0.1) is 6.61 Å². The van der Waals surface area contributed by atoms with Crippen LogP contribution >= 0.6 is 0 Å². The highest BCUT2D eigenvalue weighted by molar-refractivity contribution is 5.86. The van der Waals surface area contributed by atoms with Crippen molar-refractivity contribution in [2.24, 2.45) is 0 Å². The van der Waals surface area contributed by atoms with Gasteiger partial charge in [-0.25, -0.2) is 4.79 Å². The third kappa shape index (κ3) is 16.8. The van der Waals surface area contributed by atoms with Crippen molar-refractivity contribution in [3.05, 3.63) is 54.1 Å². The quantitative estimate of drug-likeness (QED) is 0.108. The summed E-state index contributed by atoms with van der Waals surface area (Å²) in [7, 11) is 0. The molecule has 0 saturated heterocycles. The molecule has 0 unspecified atom stereocenters. The SMILES string of the molecule is CCCCCCCC/C=C\CCCCCCCCOC(=O)C=Cc1ccccc1. The molecule has 0 saturated carbocycles. The predicted octanol–water partition coefficient (Wildman–Crippen LogP) is 8.28. The van der Waals surface area contributed by atoms with Gasteiger partial charge in [-0.2, -0.15) is 0 Å². The van der Waals surface area contributed by atoms with E-state index in [-0.39, 0.29) is 5.97 Å². The van der Waals surface area contributed by atoms with E-state index in [1.54, 1.807) is 6.08 Å². The molecule has 0 amide bonds. The van der Waals surface area contributed by atoms with Crippen LogP contribution < -0.4 is 0 Å². The van der Waals surface area contributed by atoms with Gasteiger partial charge in [0.15, 0.2) is 0 Å². The van der Waals surface area contributed by atoms with Crippen LogP contribution in [0.4, 0.5) is 0 Å². The number of benzene rings is 1. The van der Waals surface area contributed by atoms with E-state index < -0.39 is 0 Å². The topological polar surface area (TPSA) is 26.3 Å². The highest BCUT2D eigenvalue weighted by atomic mass is 16.5. The summed E-state index contributed by atoms with van der Waals surface area (Å²) in [6.45, 7) is 2.80. The Hall–Kier alpha value is -1.83. The molecular formula is C27H42O2. The van der Waals surface area contributed by atoms with E-state index in [4.69, 9.17) is 4.74 Å². The van der Waals surface area contributed by atoms with Gasteiger partial charge < -0.3 is 4.74 Å². The van der Waals surface area contributed by atoms with Gasteiger partial charge in [-0.15, -0.1) is 0 Å². The molecule has 0 fully saturated rings. The smallest absolute Gasteiger partial charge is 0.330 e. The van der Waals surface area contributed by atoms with Crippen molar-refractivity contribution in [2.75, 3.05) is 6.61 Å².